The fourth-order valence-corrected chi connectivity index (χ4v) is 6.43. The summed E-state index contributed by atoms with van der Waals surface area (Å²) >= 11 is 0. The summed E-state index contributed by atoms with van der Waals surface area (Å²) in [7, 11) is 1.27. The second-order valence-corrected chi connectivity index (χ2v) is 9.25. The summed E-state index contributed by atoms with van der Waals surface area (Å²) in [5, 5.41) is 12.4. The third kappa shape index (κ3) is 2.60. The van der Waals surface area contributed by atoms with Crippen LogP contribution in [0.25, 0.3) is 0 Å². The van der Waals surface area contributed by atoms with Gasteiger partial charge >= 0.3 is 17.9 Å². The van der Waals surface area contributed by atoms with Crippen molar-refractivity contribution in [3.05, 3.63) is 35.3 Å². The molecule has 1 aromatic heterocycles. The highest BCUT2D eigenvalue weighted by atomic mass is 16.6. The third-order valence-corrected chi connectivity index (χ3v) is 7.77. The van der Waals surface area contributed by atoms with Gasteiger partial charge in [0.1, 0.15) is 17.8 Å². The van der Waals surface area contributed by atoms with E-state index in [1.807, 2.05) is 6.92 Å². The first-order chi connectivity index (χ1) is 14.5. The molecule has 168 valence electrons. The quantitative estimate of drug-likeness (QED) is 0.573. The van der Waals surface area contributed by atoms with Gasteiger partial charge in [0, 0.05) is 23.5 Å². The van der Waals surface area contributed by atoms with Gasteiger partial charge in [0.25, 0.3) is 0 Å². The molecule has 0 spiro atoms. The number of rotatable bonds is 3. The number of carbonyl (C=O) groups excluding carboxylic acids is 3. The second-order valence-electron chi connectivity index (χ2n) is 9.25. The van der Waals surface area contributed by atoms with Crippen molar-refractivity contribution >= 4 is 17.9 Å². The van der Waals surface area contributed by atoms with Crippen molar-refractivity contribution in [2.24, 2.45) is 16.7 Å². The first-order valence-electron chi connectivity index (χ1n) is 10.4. The number of hydrogen-bond donors (Lipinski definition) is 1. The molecule has 2 fully saturated rings. The highest BCUT2D eigenvalue weighted by molar-refractivity contribution is 5.91. The lowest BCUT2D eigenvalue weighted by atomic mass is 9.52. The predicted molar refractivity (Wildman–Crippen MR) is 106 cm³/mol. The zero-order chi connectivity index (χ0) is 22.8. The Kier molecular flexibility index (Phi) is 4.85. The molecular weight excluding hydrogens is 404 g/mol. The molecule has 2 heterocycles. The van der Waals surface area contributed by atoms with Crippen molar-refractivity contribution in [3.63, 3.8) is 0 Å². The largest absolute Gasteiger partial charge is 0.472 e. The molecule has 0 radical (unpaired) electrons. The number of furan rings is 1. The Morgan fingerprint density at radius 2 is 1.97 bits per heavy atom. The van der Waals surface area contributed by atoms with Gasteiger partial charge in [-0.15, -0.1) is 0 Å². The van der Waals surface area contributed by atoms with Crippen LogP contribution in [0.1, 0.15) is 58.6 Å². The van der Waals surface area contributed by atoms with Crippen LogP contribution in [0.2, 0.25) is 0 Å². The van der Waals surface area contributed by atoms with Crippen LogP contribution in [0.4, 0.5) is 0 Å². The number of ether oxygens (including phenoxy) is 3. The van der Waals surface area contributed by atoms with Gasteiger partial charge in [-0.3, -0.25) is 9.59 Å². The standard InChI is InChI=1S/C23H28O8/c1-12-16-15(17(31-19(12)25)14-7-10-29-11-14)18(30-13(2)24)23(27)21(16,3)8-6-9-22(23,4)20(26)28-5/h7,10-11,15,17-18,27H,6,8-9H2,1-5H3/t15-,17+,18-,21+,22+,23-/m1/s1. The number of fused-ring (bicyclic) bond motifs is 3. The van der Waals surface area contributed by atoms with Gasteiger partial charge in [0.15, 0.2) is 0 Å². The third-order valence-electron chi connectivity index (χ3n) is 7.77. The molecule has 0 amide bonds. The molecule has 8 heteroatoms. The highest BCUT2D eigenvalue weighted by Gasteiger charge is 2.77. The van der Waals surface area contributed by atoms with Gasteiger partial charge in [0.2, 0.25) is 0 Å². The maximum Gasteiger partial charge on any atom is 0.334 e. The van der Waals surface area contributed by atoms with Crippen LogP contribution >= 0.6 is 0 Å². The summed E-state index contributed by atoms with van der Waals surface area (Å²) in [6.45, 7) is 6.40. The summed E-state index contributed by atoms with van der Waals surface area (Å²) in [6, 6.07) is 1.68. The number of cyclic esters (lactones) is 1. The lowest BCUT2D eigenvalue weighted by molar-refractivity contribution is -0.235. The fraction of sp³-hybridized carbons (Fsp3) is 0.609. The van der Waals surface area contributed by atoms with E-state index in [0.29, 0.717) is 36.0 Å². The van der Waals surface area contributed by atoms with Crippen LogP contribution in [-0.4, -0.2) is 41.8 Å². The minimum atomic E-state index is -1.81. The molecule has 1 aliphatic heterocycles. The minimum absolute atomic E-state index is 0.355. The van der Waals surface area contributed by atoms with Crippen molar-refractivity contribution < 1.29 is 38.1 Å². The fourth-order valence-electron chi connectivity index (χ4n) is 6.43. The SMILES string of the molecule is COC(=O)[C@]1(C)CCC[C@@]2(C)C3=C(C)C(=O)O[C@@H](c4ccoc4)[C@@H]3[C@@H](OC(C)=O)[C@]12O. The number of carbonyl (C=O) groups is 3. The predicted octanol–water partition coefficient (Wildman–Crippen LogP) is 2.86. The average molecular weight is 432 g/mol. The first kappa shape index (κ1) is 21.6. The molecule has 1 N–H and O–H groups in total. The Morgan fingerprint density at radius 3 is 2.55 bits per heavy atom. The molecule has 0 unspecified atom stereocenters. The molecular formula is C23H28O8. The van der Waals surface area contributed by atoms with Crippen LogP contribution in [0.3, 0.4) is 0 Å². The first-order valence-corrected chi connectivity index (χ1v) is 10.4. The summed E-state index contributed by atoms with van der Waals surface area (Å²) in [5.74, 6) is -2.35. The van der Waals surface area contributed by atoms with E-state index in [2.05, 4.69) is 0 Å². The van der Waals surface area contributed by atoms with Crippen molar-refractivity contribution in [2.75, 3.05) is 7.11 Å². The van der Waals surface area contributed by atoms with Crippen LogP contribution in [-0.2, 0) is 28.6 Å². The average Bonchev–Trinajstić information content (AvgIpc) is 3.31. The second kappa shape index (κ2) is 6.95. The monoisotopic (exact) mass is 432 g/mol. The lowest BCUT2D eigenvalue weighted by Gasteiger charge is -2.55. The van der Waals surface area contributed by atoms with E-state index in [4.69, 9.17) is 18.6 Å². The minimum Gasteiger partial charge on any atom is -0.472 e. The van der Waals surface area contributed by atoms with E-state index in [0.717, 1.165) is 0 Å². The van der Waals surface area contributed by atoms with Gasteiger partial charge < -0.3 is 23.7 Å². The van der Waals surface area contributed by atoms with E-state index >= 15 is 0 Å². The number of aliphatic hydroxyl groups is 1. The van der Waals surface area contributed by atoms with Crippen molar-refractivity contribution in [1.29, 1.82) is 0 Å². The topological polar surface area (TPSA) is 112 Å². The number of esters is 3. The van der Waals surface area contributed by atoms with Gasteiger partial charge in [-0.05, 0) is 38.3 Å². The van der Waals surface area contributed by atoms with Gasteiger partial charge in [-0.2, -0.15) is 0 Å². The molecule has 31 heavy (non-hydrogen) atoms. The summed E-state index contributed by atoms with van der Waals surface area (Å²) < 4.78 is 21.8. The van der Waals surface area contributed by atoms with Gasteiger partial charge in [0.05, 0.1) is 31.0 Å². The molecule has 2 saturated carbocycles. The Labute approximate surface area is 180 Å². The van der Waals surface area contributed by atoms with Gasteiger partial charge in [-0.25, -0.2) is 4.79 Å². The zero-order valence-electron chi connectivity index (χ0n) is 18.4. The van der Waals surface area contributed by atoms with E-state index in [9.17, 15) is 19.5 Å². The smallest absolute Gasteiger partial charge is 0.334 e. The molecule has 2 aliphatic carbocycles. The van der Waals surface area contributed by atoms with E-state index in [1.54, 1.807) is 19.9 Å². The van der Waals surface area contributed by atoms with Crippen LogP contribution in [0.5, 0.6) is 0 Å². The maximum atomic E-state index is 13.0. The molecule has 3 aliphatic rings. The van der Waals surface area contributed by atoms with Crippen molar-refractivity contribution in [1.82, 2.24) is 0 Å². The normalized spacial score (nSPS) is 39.4. The molecule has 4 rings (SSSR count). The van der Waals surface area contributed by atoms with Gasteiger partial charge in [-0.1, -0.05) is 13.3 Å². The van der Waals surface area contributed by atoms with Crippen molar-refractivity contribution in [2.45, 2.75) is 64.8 Å². The van der Waals surface area contributed by atoms with E-state index in [1.165, 1.54) is 26.6 Å². The molecule has 1 aromatic rings. The van der Waals surface area contributed by atoms with E-state index in [-0.39, 0.29) is 0 Å². The van der Waals surface area contributed by atoms with Crippen molar-refractivity contribution in [3.8, 4) is 0 Å². The number of methoxy groups -OCH3 is 1. The highest BCUT2D eigenvalue weighted by Crippen LogP contribution is 2.70. The van der Waals surface area contributed by atoms with Crippen LogP contribution < -0.4 is 0 Å². The summed E-state index contributed by atoms with van der Waals surface area (Å²) in [4.78, 5) is 38.1. The Balaban J connectivity index is 2.02. The lowest BCUT2D eigenvalue weighted by Crippen LogP contribution is -2.66. The maximum absolute atomic E-state index is 13.0. The van der Waals surface area contributed by atoms with E-state index < -0.39 is 52.5 Å². The summed E-state index contributed by atoms with van der Waals surface area (Å²) in [5.41, 5.74) is -2.55. The molecule has 0 bridgehead atoms. The Morgan fingerprint density at radius 1 is 1.26 bits per heavy atom. The molecule has 0 aromatic carbocycles. The summed E-state index contributed by atoms with van der Waals surface area (Å²) in [6.07, 6.45) is 2.48. The van der Waals surface area contributed by atoms with Crippen LogP contribution in [0, 0.1) is 16.7 Å². The molecule has 0 saturated heterocycles. The number of hydrogen-bond acceptors (Lipinski definition) is 8. The Hall–Kier alpha value is -2.61. The Bertz CT molecular complexity index is 962. The molecule has 6 atom stereocenters. The molecule has 8 nitrogen and oxygen atoms in total. The van der Waals surface area contributed by atoms with Crippen LogP contribution in [0.15, 0.2) is 34.2 Å². The zero-order valence-corrected chi connectivity index (χ0v) is 18.4.